The molecule has 0 atom stereocenters. The third kappa shape index (κ3) is 4.05. The minimum Gasteiger partial charge on any atom is -0.492 e. The highest BCUT2D eigenvalue weighted by molar-refractivity contribution is 7.21. The highest BCUT2D eigenvalue weighted by atomic mass is 32.1. The summed E-state index contributed by atoms with van der Waals surface area (Å²) < 4.78 is 11.9. The number of thiophene rings is 2. The van der Waals surface area contributed by atoms with Gasteiger partial charge in [-0.2, -0.15) is 0 Å². The van der Waals surface area contributed by atoms with Gasteiger partial charge in [0.1, 0.15) is 11.5 Å². The molecule has 0 aromatic carbocycles. The summed E-state index contributed by atoms with van der Waals surface area (Å²) >= 11 is 3.53. The van der Waals surface area contributed by atoms with E-state index in [-0.39, 0.29) is 0 Å². The van der Waals surface area contributed by atoms with Crippen LogP contribution in [0.25, 0.3) is 9.75 Å². The zero-order valence-electron chi connectivity index (χ0n) is 14.0. The monoisotopic (exact) mass is 338 g/mol. The van der Waals surface area contributed by atoms with Crippen molar-refractivity contribution in [3.8, 4) is 21.3 Å². The van der Waals surface area contributed by atoms with Gasteiger partial charge >= 0.3 is 0 Å². The molecular formula is C18H26O2S2. The van der Waals surface area contributed by atoms with Crippen molar-refractivity contribution >= 4 is 22.7 Å². The Morgan fingerprint density at radius 1 is 0.864 bits per heavy atom. The average molecular weight is 339 g/mol. The summed E-state index contributed by atoms with van der Waals surface area (Å²) in [6, 6.07) is 0. The molecule has 0 saturated heterocycles. The molecule has 0 N–H and O–H groups in total. The first-order valence-corrected chi connectivity index (χ1v) is 9.87. The maximum atomic E-state index is 6.04. The highest BCUT2D eigenvalue weighted by Crippen LogP contribution is 2.46. The van der Waals surface area contributed by atoms with Gasteiger partial charge in [-0.25, -0.2) is 0 Å². The van der Waals surface area contributed by atoms with E-state index in [1.165, 1.54) is 20.9 Å². The van der Waals surface area contributed by atoms with Gasteiger partial charge < -0.3 is 9.47 Å². The molecule has 122 valence electrons. The lowest BCUT2D eigenvalue weighted by Gasteiger charge is -2.09. The van der Waals surface area contributed by atoms with Gasteiger partial charge in [0.05, 0.1) is 23.0 Å². The molecule has 2 aromatic heterocycles. The molecule has 4 heteroatoms. The van der Waals surface area contributed by atoms with Crippen LogP contribution in [0.2, 0.25) is 0 Å². The van der Waals surface area contributed by atoms with Crippen LogP contribution in [0.4, 0.5) is 0 Å². The Kier molecular flexibility index (Phi) is 6.77. The van der Waals surface area contributed by atoms with Crippen LogP contribution in [0.1, 0.15) is 50.7 Å². The van der Waals surface area contributed by atoms with Crippen molar-refractivity contribution in [2.75, 3.05) is 13.2 Å². The fraction of sp³-hybridized carbons (Fsp3) is 0.556. The highest BCUT2D eigenvalue weighted by Gasteiger charge is 2.18. The van der Waals surface area contributed by atoms with E-state index in [2.05, 4.69) is 38.5 Å². The Bertz CT molecular complexity index is 584. The number of hydrogen-bond acceptors (Lipinski definition) is 4. The predicted molar refractivity (Wildman–Crippen MR) is 97.9 cm³/mol. The van der Waals surface area contributed by atoms with Crippen molar-refractivity contribution in [3.63, 3.8) is 0 Å². The van der Waals surface area contributed by atoms with Crippen molar-refractivity contribution in [1.29, 1.82) is 0 Å². The maximum absolute atomic E-state index is 6.04. The normalized spacial score (nSPS) is 10.9. The van der Waals surface area contributed by atoms with E-state index >= 15 is 0 Å². The van der Waals surface area contributed by atoms with Gasteiger partial charge in [0.15, 0.2) is 0 Å². The van der Waals surface area contributed by atoms with E-state index in [4.69, 9.17) is 9.47 Å². The number of aryl methyl sites for hydroxylation is 1. The first-order valence-electron chi connectivity index (χ1n) is 8.11. The molecule has 2 aromatic rings. The summed E-state index contributed by atoms with van der Waals surface area (Å²) in [7, 11) is 0. The van der Waals surface area contributed by atoms with Crippen LogP contribution in [0.3, 0.4) is 0 Å². The molecule has 0 aliphatic rings. The van der Waals surface area contributed by atoms with Crippen LogP contribution in [0.5, 0.6) is 11.5 Å². The van der Waals surface area contributed by atoms with Gasteiger partial charge in [0, 0.05) is 16.5 Å². The molecule has 0 aliphatic carbocycles. The minimum atomic E-state index is 0.797. The van der Waals surface area contributed by atoms with E-state index in [0.717, 1.165) is 50.4 Å². The molecule has 0 saturated carbocycles. The summed E-state index contributed by atoms with van der Waals surface area (Å²) in [4.78, 5) is 2.54. The molecule has 0 fully saturated rings. The van der Waals surface area contributed by atoms with E-state index < -0.39 is 0 Å². The molecule has 0 spiro atoms. The SMILES string of the molecule is CCCCOc1csc(-c2scc(C)c2OCCCC)c1C. The standard InChI is InChI=1S/C18H26O2S2/c1-5-7-9-19-15-12-22-17(14(15)4)18-16(13(3)11-21-18)20-10-8-6-2/h11-12H,5-10H2,1-4H3. The van der Waals surface area contributed by atoms with Crippen LogP contribution < -0.4 is 9.47 Å². The second-order valence-corrected chi connectivity index (χ2v) is 7.29. The number of ether oxygens (including phenoxy) is 2. The number of hydrogen-bond donors (Lipinski definition) is 0. The fourth-order valence-electron chi connectivity index (χ4n) is 2.18. The Hall–Kier alpha value is -1.00. The number of unbranched alkanes of at least 4 members (excludes halogenated alkanes) is 2. The molecule has 2 nitrogen and oxygen atoms in total. The van der Waals surface area contributed by atoms with Crippen LogP contribution in [0.15, 0.2) is 10.8 Å². The van der Waals surface area contributed by atoms with Gasteiger partial charge in [-0.1, -0.05) is 26.7 Å². The maximum Gasteiger partial charge on any atom is 0.141 e. The lowest BCUT2D eigenvalue weighted by molar-refractivity contribution is 0.308. The molecule has 2 rings (SSSR count). The van der Waals surface area contributed by atoms with Crippen LogP contribution >= 0.6 is 22.7 Å². The molecule has 0 unspecified atom stereocenters. The van der Waals surface area contributed by atoms with Crippen LogP contribution in [-0.2, 0) is 0 Å². The summed E-state index contributed by atoms with van der Waals surface area (Å²) in [6.07, 6.45) is 4.53. The Labute approximate surface area is 142 Å². The summed E-state index contributed by atoms with van der Waals surface area (Å²) in [6.45, 7) is 10.3. The number of rotatable bonds is 9. The quantitative estimate of drug-likeness (QED) is 0.489. The molecule has 22 heavy (non-hydrogen) atoms. The van der Waals surface area contributed by atoms with E-state index in [1.54, 1.807) is 22.7 Å². The third-order valence-electron chi connectivity index (χ3n) is 3.62. The van der Waals surface area contributed by atoms with E-state index in [1.807, 2.05) is 0 Å². The van der Waals surface area contributed by atoms with Crippen LogP contribution in [0, 0.1) is 13.8 Å². The Morgan fingerprint density at radius 3 is 2.18 bits per heavy atom. The zero-order valence-corrected chi connectivity index (χ0v) is 15.7. The van der Waals surface area contributed by atoms with Crippen molar-refractivity contribution in [2.45, 2.75) is 53.4 Å². The minimum absolute atomic E-state index is 0.797. The summed E-state index contributed by atoms with van der Waals surface area (Å²) in [5.74, 6) is 2.09. The summed E-state index contributed by atoms with van der Waals surface area (Å²) in [5, 5.41) is 4.32. The Morgan fingerprint density at radius 2 is 1.50 bits per heavy atom. The third-order valence-corrected chi connectivity index (χ3v) is 5.92. The second-order valence-electron chi connectivity index (χ2n) is 5.54. The smallest absolute Gasteiger partial charge is 0.141 e. The second kappa shape index (κ2) is 8.59. The molecule has 0 radical (unpaired) electrons. The largest absolute Gasteiger partial charge is 0.492 e. The van der Waals surface area contributed by atoms with Gasteiger partial charge in [-0.15, -0.1) is 22.7 Å². The van der Waals surface area contributed by atoms with Crippen molar-refractivity contribution in [3.05, 3.63) is 21.9 Å². The molecule has 0 aliphatic heterocycles. The van der Waals surface area contributed by atoms with E-state index in [9.17, 15) is 0 Å². The van der Waals surface area contributed by atoms with Gasteiger partial charge in [0.2, 0.25) is 0 Å². The lowest BCUT2D eigenvalue weighted by atomic mass is 10.2. The molecule has 0 bridgehead atoms. The van der Waals surface area contributed by atoms with Gasteiger partial charge in [0.25, 0.3) is 0 Å². The molecular weight excluding hydrogens is 312 g/mol. The first-order chi connectivity index (χ1) is 10.7. The lowest BCUT2D eigenvalue weighted by Crippen LogP contribution is -1.98. The van der Waals surface area contributed by atoms with Gasteiger partial charge in [-0.05, 0) is 32.1 Å². The summed E-state index contributed by atoms with van der Waals surface area (Å²) in [5.41, 5.74) is 2.47. The van der Waals surface area contributed by atoms with Gasteiger partial charge in [-0.3, -0.25) is 0 Å². The van der Waals surface area contributed by atoms with E-state index in [0.29, 0.717) is 0 Å². The fourth-order valence-corrected chi connectivity index (χ4v) is 4.41. The van der Waals surface area contributed by atoms with Crippen molar-refractivity contribution in [1.82, 2.24) is 0 Å². The predicted octanol–water partition coefficient (Wildman–Crippen LogP) is 6.45. The first kappa shape index (κ1) is 17.4. The Balaban J connectivity index is 2.18. The molecule has 0 amide bonds. The topological polar surface area (TPSA) is 18.5 Å². The van der Waals surface area contributed by atoms with Crippen molar-refractivity contribution < 1.29 is 9.47 Å². The van der Waals surface area contributed by atoms with Crippen LogP contribution in [-0.4, -0.2) is 13.2 Å². The average Bonchev–Trinajstić information content (AvgIpc) is 3.04. The zero-order chi connectivity index (χ0) is 15.9. The van der Waals surface area contributed by atoms with Crippen molar-refractivity contribution in [2.24, 2.45) is 0 Å². The molecule has 2 heterocycles.